The summed E-state index contributed by atoms with van der Waals surface area (Å²) in [5, 5.41) is 18.9. The van der Waals surface area contributed by atoms with Crippen LogP contribution in [0.15, 0.2) is 60.7 Å². The minimum Gasteiger partial charge on any atom is -0.507 e. The molecule has 0 saturated heterocycles. The van der Waals surface area contributed by atoms with Crippen LogP contribution in [0.5, 0.6) is 5.75 Å². The van der Waals surface area contributed by atoms with Crippen molar-refractivity contribution in [3.8, 4) is 5.75 Å². The number of rotatable bonds is 11. The van der Waals surface area contributed by atoms with Gasteiger partial charge in [0.15, 0.2) is 0 Å². The van der Waals surface area contributed by atoms with Crippen molar-refractivity contribution in [1.29, 1.82) is 0 Å². The zero-order valence-electron chi connectivity index (χ0n) is 25.6. The highest BCUT2D eigenvalue weighted by Gasteiger charge is 2.39. The van der Waals surface area contributed by atoms with Gasteiger partial charge in [0.25, 0.3) is 5.91 Å². The molecule has 0 aliphatic carbocycles. The molecule has 0 fully saturated rings. The highest BCUT2D eigenvalue weighted by atomic mass is 32.2. The Labute approximate surface area is 253 Å². The van der Waals surface area contributed by atoms with Gasteiger partial charge in [-0.25, -0.2) is 4.79 Å². The number of nitrogens with zero attached hydrogens (tertiary/aromatic N) is 1. The van der Waals surface area contributed by atoms with E-state index in [1.807, 2.05) is 62.6 Å². The second-order valence-electron chi connectivity index (χ2n) is 11.4. The van der Waals surface area contributed by atoms with Crippen LogP contribution in [0.4, 0.5) is 10.5 Å². The molecule has 0 aliphatic rings. The summed E-state index contributed by atoms with van der Waals surface area (Å²) < 4.78 is 5.46. The molecule has 3 N–H and O–H groups in total. The van der Waals surface area contributed by atoms with Gasteiger partial charge in [-0.05, 0) is 87.9 Å². The molecule has 3 atom stereocenters. The fraction of sp³-hybridized carbons (Fsp3) is 0.424. The summed E-state index contributed by atoms with van der Waals surface area (Å²) in [5.41, 5.74) is 0.711. The van der Waals surface area contributed by atoms with E-state index < -0.39 is 41.6 Å². The number of carbonyl (C=O) groups excluding carboxylic acids is 3. The quantitative estimate of drug-likeness (QED) is 0.226. The summed E-state index contributed by atoms with van der Waals surface area (Å²) in [5.74, 6) is -0.355. The van der Waals surface area contributed by atoms with E-state index in [-0.39, 0.29) is 5.75 Å². The Hall–Kier alpha value is -3.72. The summed E-state index contributed by atoms with van der Waals surface area (Å²) in [4.78, 5) is 42.9. The van der Waals surface area contributed by atoms with Crippen LogP contribution in [-0.4, -0.2) is 57.6 Å². The number of benzene rings is 3. The lowest BCUT2D eigenvalue weighted by Gasteiger charge is -2.38. The predicted molar refractivity (Wildman–Crippen MR) is 171 cm³/mol. The topological polar surface area (TPSA) is 108 Å². The third-order valence-electron chi connectivity index (χ3n) is 7.03. The Balaban J connectivity index is 2.08. The molecule has 0 radical (unpaired) electrons. The number of fused-ring (bicyclic) bond motifs is 1. The zero-order chi connectivity index (χ0) is 31.0. The molecule has 3 aromatic carbocycles. The van der Waals surface area contributed by atoms with Crippen molar-refractivity contribution in [2.24, 2.45) is 0 Å². The smallest absolute Gasteiger partial charge is 0.408 e. The fourth-order valence-corrected chi connectivity index (χ4v) is 5.19. The standard InChI is InChI=1S/C33H43N3O5S/c1-8-22(3)36(31(39)27(18-19-42-7)35-32(40)41-33(4,5)6)28(26-15-11-12-21(2)29(26)37)30(38)34-25-17-16-23-13-9-10-14-24(23)20-25/h9-17,20,22,27-28,37H,8,18-19H2,1-7H3,(H,34,38)(H,35,40). The van der Waals surface area contributed by atoms with Crippen molar-refractivity contribution in [2.45, 2.75) is 78.1 Å². The summed E-state index contributed by atoms with van der Waals surface area (Å²) in [7, 11) is 0. The number of anilines is 1. The lowest BCUT2D eigenvalue weighted by molar-refractivity contribution is -0.143. The Morgan fingerprint density at radius 1 is 1.02 bits per heavy atom. The van der Waals surface area contributed by atoms with Crippen LogP contribution in [0.25, 0.3) is 10.8 Å². The molecule has 0 aromatic heterocycles. The van der Waals surface area contributed by atoms with Gasteiger partial charge < -0.3 is 25.4 Å². The van der Waals surface area contributed by atoms with Gasteiger partial charge in [-0.15, -0.1) is 0 Å². The lowest BCUT2D eigenvalue weighted by atomic mass is 9.96. The molecule has 226 valence electrons. The molecule has 0 spiro atoms. The molecule has 3 amide bonds. The first-order valence-electron chi connectivity index (χ1n) is 14.2. The van der Waals surface area contributed by atoms with Gasteiger partial charge in [0, 0.05) is 17.3 Å². The van der Waals surface area contributed by atoms with Crippen LogP contribution in [0.2, 0.25) is 0 Å². The van der Waals surface area contributed by atoms with Gasteiger partial charge in [0.1, 0.15) is 23.4 Å². The summed E-state index contributed by atoms with van der Waals surface area (Å²) in [6.07, 6.45) is 2.10. The van der Waals surface area contributed by atoms with E-state index in [0.29, 0.717) is 35.4 Å². The van der Waals surface area contributed by atoms with Crippen LogP contribution in [0, 0.1) is 6.92 Å². The number of phenolic OH excluding ortho intramolecular Hbond substituents is 1. The Bertz CT molecular complexity index is 1400. The van der Waals surface area contributed by atoms with Gasteiger partial charge >= 0.3 is 6.09 Å². The summed E-state index contributed by atoms with van der Waals surface area (Å²) in [6, 6.07) is 16.1. The van der Waals surface area contributed by atoms with Gasteiger partial charge in [-0.2, -0.15) is 11.8 Å². The highest BCUT2D eigenvalue weighted by Crippen LogP contribution is 2.35. The molecular weight excluding hydrogens is 550 g/mol. The van der Waals surface area contributed by atoms with Crippen LogP contribution in [0.3, 0.4) is 0 Å². The molecular formula is C33H43N3O5S. The molecule has 3 rings (SSSR count). The maximum atomic E-state index is 14.4. The van der Waals surface area contributed by atoms with E-state index in [0.717, 1.165) is 10.8 Å². The largest absolute Gasteiger partial charge is 0.507 e. The van der Waals surface area contributed by atoms with Crippen molar-refractivity contribution in [1.82, 2.24) is 10.2 Å². The van der Waals surface area contributed by atoms with E-state index in [9.17, 15) is 19.5 Å². The maximum absolute atomic E-state index is 14.4. The average molecular weight is 594 g/mol. The first-order chi connectivity index (χ1) is 19.9. The van der Waals surface area contributed by atoms with Crippen molar-refractivity contribution in [2.75, 3.05) is 17.3 Å². The van der Waals surface area contributed by atoms with Crippen molar-refractivity contribution in [3.05, 3.63) is 71.8 Å². The number of hydrogen-bond donors (Lipinski definition) is 3. The molecule has 0 saturated carbocycles. The Morgan fingerprint density at radius 2 is 1.71 bits per heavy atom. The molecule has 3 unspecified atom stereocenters. The van der Waals surface area contributed by atoms with E-state index in [1.54, 1.807) is 57.7 Å². The highest BCUT2D eigenvalue weighted by molar-refractivity contribution is 7.98. The zero-order valence-corrected chi connectivity index (χ0v) is 26.4. The molecule has 42 heavy (non-hydrogen) atoms. The Morgan fingerprint density at radius 3 is 2.36 bits per heavy atom. The van der Waals surface area contributed by atoms with Crippen LogP contribution >= 0.6 is 11.8 Å². The number of aryl methyl sites for hydroxylation is 1. The second-order valence-corrected chi connectivity index (χ2v) is 12.4. The van der Waals surface area contributed by atoms with Crippen LogP contribution < -0.4 is 10.6 Å². The first-order valence-corrected chi connectivity index (χ1v) is 15.6. The van der Waals surface area contributed by atoms with Gasteiger partial charge in [-0.1, -0.05) is 55.5 Å². The van der Waals surface area contributed by atoms with E-state index in [2.05, 4.69) is 10.6 Å². The molecule has 3 aromatic rings. The summed E-state index contributed by atoms with van der Waals surface area (Å²) >= 11 is 1.55. The third kappa shape index (κ3) is 8.41. The molecule has 0 bridgehead atoms. The number of phenols is 1. The second kappa shape index (κ2) is 14.4. The van der Waals surface area contributed by atoms with E-state index in [4.69, 9.17) is 4.74 Å². The number of carbonyl (C=O) groups is 3. The van der Waals surface area contributed by atoms with Crippen LogP contribution in [-0.2, 0) is 14.3 Å². The average Bonchev–Trinajstić information content (AvgIpc) is 2.93. The number of para-hydroxylation sites is 1. The third-order valence-corrected chi connectivity index (χ3v) is 7.67. The van der Waals surface area contributed by atoms with Crippen LogP contribution in [0.1, 0.15) is 64.6 Å². The molecule has 0 heterocycles. The normalized spacial score (nSPS) is 13.6. The number of amides is 3. The molecule has 8 nitrogen and oxygen atoms in total. The number of ether oxygens (including phenoxy) is 1. The van der Waals surface area contributed by atoms with Crippen molar-refractivity contribution in [3.63, 3.8) is 0 Å². The lowest BCUT2D eigenvalue weighted by Crippen LogP contribution is -2.55. The van der Waals surface area contributed by atoms with Crippen molar-refractivity contribution < 1.29 is 24.2 Å². The Kier molecular flexibility index (Phi) is 11.3. The molecule has 9 heteroatoms. The van der Waals surface area contributed by atoms with E-state index >= 15 is 0 Å². The number of aromatic hydroxyl groups is 1. The predicted octanol–water partition coefficient (Wildman–Crippen LogP) is 6.81. The minimum atomic E-state index is -1.17. The first kappa shape index (κ1) is 32.8. The summed E-state index contributed by atoms with van der Waals surface area (Å²) in [6.45, 7) is 10.8. The van der Waals surface area contributed by atoms with Gasteiger partial charge in [0.05, 0.1) is 0 Å². The van der Waals surface area contributed by atoms with E-state index in [1.165, 1.54) is 4.90 Å². The number of thioether (sulfide) groups is 1. The fourth-order valence-electron chi connectivity index (χ4n) is 4.72. The van der Waals surface area contributed by atoms with Gasteiger partial charge in [0.2, 0.25) is 5.91 Å². The SMILES string of the molecule is CCC(C)N(C(=O)C(CCSC)NC(=O)OC(C)(C)C)C(C(=O)Nc1ccc2ccccc2c1)c1cccc(C)c1O. The minimum absolute atomic E-state index is 0.0574. The van der Waals surface area contributed by atoms with Crippen molar-refractivity contribution >= 4 is 46.1 Å². The number of nitrogens with one attached hydrogen (secondary N) is 2. The monoisotopic (exact) mass is 593 g/mol. The number of alkyl carbamates (subject to hydrolysis) is 1. The molecule has 0 aliphatic heterocycles. The maximum Gasteiger partial charge on any atom is 0.408 e. The number of hydrogen-bond acceptors (Lipinski definition) is 6. The van der Waals surface area contributed by atoms with Gasteiger partial charge in [-0.3, -0.25) is 9.59 Å².